The molecule has 1 amide bonds. The first-order valence-electron chi connectivity index (χ1n) is 8.24. The van der Waals surface area contributed by atoms with Crippen LogP contribution in [0.1, 0.15) is 21.6 Å². The Labute approximate surface area is 154 Å². The van der Waals surface area contributed by atoms with Gasteiger partial charge in [-0.05, 0) is 0 Å². The molecule has 0 radical (unpaired) electrons. The molecule has 126 valence electrons. The zero-order chi connectivity index (χ0) is 17.5. The van der Waals surface area contributed by atoms with Gasteiger partial charge in [0, 0.05) is 0 Å². The predicted octanol–water partition coefficient (Wildman–Crippen LogP) is 2.02. The summed E-state index contributed by atoms with van der Waals surface area (Å²) >= 11 is 0.271. The molecule has 3 aromatic rings. The Kier molecular flexibility index (Phi) is 5.99. The second-order valence-corrected chi connectivity index (χ2v) is 8.03. The third kappa shape index (κ3) is 4.79. The van der Waals surface area contributed by atoms with E-state index in [1.807, 2.05) is 18.2 Å². The molecule has 0 aliphatic carbocycles. The molecule has 0 fully saturated rings. The molecular weight excluding hydrogens is 375 g/mol. The van der Waals surface area contributed by atoms with E-state index < -0.39 is 0 Å². The fourth-order valence-electron chi connectivity index (χ4n) is 2.60. The molecule has 1 heterocycles. The van der Waals surface area contributed by atoms with Crippen LogP contribution in [0, 0.1) is 6.92 Å². The molecule has 0 saturated carbocycles. The molecule has 1 aromatic heterocycles. The first-order chi connectivity index (χ1) is 12.2. The maximum absolute atomic E-state index is 12.1. The van der Waals surface area contributed by atoms with E-state index in [1.54, 1.807) is 12.3 Å². The van der Waals surface area contributed by atoms with E-state index >= 15 is 0 Å². The van der Waals surface area contributed by atoms with Gasteiger partial charge in [0.15, 0.2) is 0 Å². The average Bonchev–Trinajstić information content (AvgIpc) is 2.65. The number of hydrogen-bond acceptors (Lipinski definition) is 2. The van der Waals surface area contributed by atoms with Gasteiger partial charge in [-0.2, -0.15) is 0 Å². The number of benzene rings is 2. The fourth-order valence-corrected chi connectivity index (χ4v) is 4.86. The Morgan fingerprint density at radius 2 is 1.80 bits per heavy atom. The number of nitrogens with zero attached hydrogens (tertiary/aromatic N) is 1. The molecule has 25 heavy (non-hydrogen) atoms. The van der Waals surface area contributed by atoms with Crippen molar-refractivity contribution >= 4 is 29.8 Å². The summed E-state index contributed by atoms with van der Waals surface area (Å²) in [6.07, 6.45) is 2.46. The van der Waals surface area contributed by atoms with Gasteiger partial charge in [-0.15, -0.1) is 0 Å². The number of carbonyl (C=O) groups excluding carboxylic acids is 1. The van der Waals surface area contributed by atoms with Crippen molar-refractivity contribution in [2.24, 2.45) is 0 Å². The minimum atomic E-state index is -0.121. The molecule has 1 N–H and O–H groups in total. The maximum atomic E-state index is 12.1. The minimum absolute atomic E-state index is 0.121. The monoisotopic (exact) mass is 396 g/mol. The van der Waals surface area contributed by atoms with Crippen molar-refractivity contribution < 1.29 is 4.79 Å². The first kappa shape index (κ1) is 17.4. The molecule has 0 unspecified atom stereocenters. The molecule has 2 aromatic carbocycles. The molecule has 0 atom stereocenters. The van der Waals surface area contributed by atoms with Crippen LogP contribution in [0.5, 0.6) is 0 Å². The molecule has 0 aliphatic heterocycles. The number of hydrogen-bond donors (Lipinski definition) is 1. The van der Waals surface area contributed by atoms with Crippen molar-refractivity contribution in [3.05, 3.63) is 89.7 Å². The molecule has 0 spiro atoms. The Hall–Kier alpha value is -2.42. The van der Waals surface area contributed by atoms with Crippen molar-refractivity contribution in [1.82, 2.24) is 10.3 Å². The quantitative estimate of drug-likeness (QED) is 0.649. The molecule has 4 heteroatoms. The fraction of sp³-hybridized carbons (Fsp3) is 0.143. The number of aromatic nitrogens is 1. The Morgan fingerprint density at radius 1 is 1.00 bits per heavy atom. The SMILES string of the molecule is Cc1cccc([Se]c2ccccc2)c1CCNC(=O)c1ccccn1. The van der Waals surface area contributed by atoms with Gasteiger partial charge in [-0.25, -0.2) is 0 Å². The number of carbonyl (C=O) groups is 1. The Morgan fingerprint density at radius 3 is 2.56 bits per heavy atom. The van der Waals surface area contributed by atoms with Gasteiger partial charge in [0.25, 0.3) is 0 Å². The van der Waals surface area contributed by atoms with E-state index in [2.05, 4.69) is 59.7 Å². The predicted molar refractivity (Wildman–Crippen MR) is 103 cm³/mol. The van der Waals surface area contributed by atoms with Crippen molar-refractivity contribution in [3.63, 3.8) is 0 Å². The van der Waals surface area contributed by atoms with Crippen LogP contribution in [0.2, 0.25) is 0 Å². The summed E-state index contributed by atoms with van der Waals surface area (Å²) in [5.41, 5.74) is 3.08. The van der Waals surface area contributed by atoms with Gasteiger partial charge in [0.1, 0.15) is 0 Å². The molecule has 0 saturated heterocycles. The molecule has 3 rings (SSSR count). The van der Waals surface area contributed by atoms with E-state index in [4.69, 9.17) is 0 Å². The van der Waals surface area contributed by atoms with Gasteiger partial charge in [0.05, 0.1) is 0 Å². The number of rotatable bonds is 6. The van der Waals surface area contributed by atoms with Crippen molar-refractivity contribution in [2.45, 2.75) is 13.3 Å². The summed E-state index contributed by atoms with van der Waals surface area (Å²) in [6, 6.07) is 22.4. The second kappa shape index (κ2) is 8.61. The van der Waals surface area contributed by atoms with Crippen molar-refractivity contribution in [1.29, 1.82) is 0 Å². The van der Waals surface area contributed by atoms with Gasteiger partial charge in [0.2, 0.25) is 0 Å². The summed E-state index contributed by atoms with van der Waals surface area (Å²) in [7, 11) is 0. The zero-order valence-electron chi connectivity index (χ0n) is 14.1. The van der Waals surface area contributed by atoms with Crippen LogP contribution in [0.4, 0.5) is 0 Å². The van der Waals surface area contributed by atoms with E-state index in [0.717, 1.165) is 6.42 Å². The average molecular weight is 395 g/mol. The van der Waals surface area contributed by atoms with Crippen LogP contribution < -0.4 is 14.2 Å². The van der Waals surface area contributed by atoms with Gasteiger partial charge >= 0.3 is 155 Å². The summed E-state index contributed by atoms with van der Waals surface area (Å²) in [5.74, 6) is -0.121. The summed E-state index contributed by atoms with van der Waals surface area (Å²) in [4.78, 5) is 16.2. The Bertz CT molecular complexity index is 835. The summed E-state index contributed by atoms with van der Waals surface area (Å²) < 4.78 is 2.74. The first-order valence-corrected chi connectivity index (χ1v) is 9.96. The van der Waals surface area contributed by atoms with Gasteiger partial charge in [-0.3, -0.25) is 0 Å². The third-order valence-electron chi connectivity index (χ3n) is 3.90. The molecule has 0 bridgehead atoms. The zero-order valence-corrected chi connectivity index (χ0v) is 15.8. The van der Waals surface area contributed by atoms with Crippen molar-refractivity contribution in [2.75, 3.05) is 6.54 Å². The van der Waals surface area contributed by atoms with Crippen LogP contribution in [0.25, 0.3) is 0 Å². The summed E-state index contributed by atoms with van der Waals surface area (Å²) in [6.45, 7) is 2.75. The third-order valence-corrected chi connectivity index (χ3v) is 6.23. The van der Waals surface area contributed by atoms with Crippen LogP contribution in [-0.2, 0) is 6.42 Å². The van der Waals surface area contributed by atoms with Crippen LogP contribution in [0.15, 0.2) is 72.9 Å². The topological polar surface area (TPSA) is 42.0 Å². The van der Waals surface area contributed by atoms with Crippen LogP contribution in [0.3, 0.4) is 0 Å². The van der Waals surface area contributed by atoms with Gasteiger partial charge < -0.3 is 0 Å². The number of amides is 1. The number of nitrogens with one attached hydrogen (secondary N) is 1. The standard InChI is InChI=1S/C21H20N2OSe/c1-16-8-7-12-20(25-17-9-3-2-4-10-17)18(16)13-15-23-21(24)19-11-5-6-14-22-19/h2-12,14H,13,15H2,1H3,(H,23,24). The van der Waals surface area contributed by atoms with E-state index in [0.29, 0.717) is 12.2 Å². The van der Waals surface area contributed by atoms with Crippen molar-refractivity contribution in [3.8, 4) is 0 Å². The van der Waals surface area contributed by atoms with Crippen LogP contribution >= 0.6 is 0 Å². The number of aryl methyl sites for hydroxylation is 1. The second-order valence-electron chi connectivity index (χ2n) is 5.69. The number of pyridine rings is 1. The van der Waals surface area contributed by atoms with Gasteiger partial charge in [-0.1, -0.05) is 0 Å². The molecule has 3 nitrogen and oxygen atoms in total. The van der Waals surface area contributed by atoms with E-state index in [9.17, 15) is 4.79 Å². The molecule has 0 aliphatic rings. The van der Waals surface area contributed by atoms with Crippen LogP contribution in [-0.4, -0.2) is 32.4 Å². The molecular formula is C21H20N2OSe. The Balaban J connectivity index is 1.67. The van der Waals surface area contributed by atoms with E-state index in [1.165, 1.54) is 20.1 Å². The van der Waals surface area contributed by atoms with E-state index in [-0.39, 0.29) is 20.9 Å². The summed E-state index contributed by atoms with van der Waals surface area (Å²) in [5, 5.41) is 2.97. The normalized spacial score (nSPS) is 10.4.